The standard InChI is InChI=1S/C22H26N4O4S/c1-2-15-12-23-22(24-13-15)30-18-4-3-8-25(14-18)31(28,29)19-10-16-5-6-20(27)26-9-7-17(11-19)21(16)26/h10-13,18H,2-9,14H2,1H3. The molecule has 1 unspecified atom stereocenters. The SMILES string of the molecule is CCc1cnc(OC2CCCN(S(=O)(=O)c3cc4c5c(c3)CCN5C(=O)CC4)C2)nc1. The molecule has 1 fully saturated rings. The number of aryl methyl sites for hydroxylation is 2. The van der Waals surface area contributed by atoms with Crippen molar-refractivity contribution in [3.8, 4) is 6.01 Å². The maximum Gasteiger partial charge on any atom is 0.316 e. The molecule has 1 saturated heterocycles. The van der Waals surface area contributed by atoms with Gasteiger partial charge in [-0.15, -0.1) is 0 Å². The first kappa shape index (κ1) is 20.4. The van der Waals surface area contributed by atoms with Crippen molar-refractivity contribution in [1.29, 1.82) is 0 Å². The number of rotatable bonds is 5. The van der Waals surface area contributed by atoms with E-state index in [1.54, 1.807) is 29.4 Å². The summed E-state index contributed by atoms with van der Waals surface area (Å²) in [6.07, 6.45) is 7.27. The highest BCUT2D eigenvalue weighted by Gasteiger charge is 2.36. The summed E-state index contributed by atoms with van der Waals surface area (Å²) in [5.74, 6) is 0.132. The van der Waals surface area contributed by atoms with E-state index in [9.17, 15) is 13.2 Å². The molecule has 0 aliphatic carbocycles. The van der Waals surface area contributed by atoms with E-state index in [0.29, 0.717) is 37.2 Å². The van der Waals surface area contributed by atoms with E-state index < -0.39 is 10.0 Å². The Morgan fingerprint density at radius 1 is 1.10 bits per heavy atom. The molecule has 31 heavy (non-hydrogen) atoms. The number of ether oxygens (including phenoxy) is 1. The zero-order chi connectivity index (χ0) is 21.6. The number of amides is 1. The summed E-state index contributed by atoms with van der Waals surface area (Å²) >= 11 is 0. The summed E-state index contributed by atoms with van der Waals surface area (Å²) in [5, 5.41) is 0. The molecule has 0 bridgehead atoms. The second kappa shape index (κ2) is 7.87. The maximum absolute atomic E-state index is 13.5. The third-order valence-corrected chi connectivity index (χ3v) is 8.21. The van der Waals surface area contributed by atoms with Gasteiger partial charge in [0, 0.05) is 31.9 Å². The Balaban J connectivity index is 1.36. The molecule has 1 amide bonds. The second-order valence-corrected chi connectivity index (χ2v) is 10.3. The minimum Gasteiger partial charge on any atom is -0.459 e. The van der Waals surface area contributed by atoms with E-state index in [0.717, 1.165) is 41.6 Å². The Kier molecular flexibility index (Phi) is 5.18. The molecule has 0 radical (unpaired) electrons. The third kappa shape index (κ3) is 3.70. The number of benzene rings is 1. The van der Waals surface area contributed by atoms with Crippen molar-refractivity contribution in [2.45, 2.75) is 56.4 Å². The van der Waals surface area contributed by atoms with Gasteiger partial charge in [-0.1, -0.05) is 6.92 Å². The molecule has 164 valence electrons. The number of hydrogen-bond acceptors (Lipinski definition) is 6. The van der Waals surface area contributed by atoms with Gasteiger partial charge >= 0.3 is 6.01 Å². The zero-order valence-electron chi connectivity index (χ0n) is 17.6. The molecule has 0 saturated carbocycles. The van der Waals surface area contributed by atoms with Gasteiger partial charge < -0.3 is 9.64 Å². The molecule has 3 aliphatic heterocycles. The summed E-state index contributed by atoms with van der Waals surface area (Å²) < 4.78 is 34.3. The molecule has 1 atom stereocenters. The fourth-order valence-electron chi connectivity index (χ4n) is 4.68. The first-order valence-electron chi connectivity index (χ1n) is 10.9. The van der Waals surface area contributed by atoms with Gasteiger partial charge in [-0.05, 0) is 60.9 Å². The third-order valence-electron chi connectivity index (χ3n) is 6.37. The molecule has 1 aromatic carbocycles. The predicted octanol–water partition coefficient (Wildman–Crippen LogP) is 2.11. The van der Waals surface area contributed by atoms with Crippen LogP contribution >= 0.6 is 0 Å². The number of sulfonamides is 1. The molecule has 3 aliphatic rings. The van der Waals surface area contributed by atoms with Gasteiger partial charge in [0.1, 0.15) is 6.10 Å². The molecule has 9 heteroatoms. The van der Waals surface area contributed by atoms with E-state index in [-0.39, 0.29) is 24.6 Å². The minimum absolute atomic E-state index is 0.132. The largest absolute Gasteiger partial charge is 0.459 e. The fourth-order valence-corrected chi connectivity index (χ4v) is 6.29. The van der Waals surface area contributed by atoms with Gasteiger partial charge in [0.05, 0.1) is 17.1 Å². The van der Waals surface area contributed by atoms with Crippen molar-refractivity contribution in [2.75, 3.05) is 24.5 Å². The molecule has 5 rings (SSSR count). The normalized spacial score (nSPS) is 21.3. The Bertz CT molecular complexity index is 1120. The van der Waals surface area contributed by atoms with Crippen LogP contribution in [0, 0.1) is 0 Å². The summed E-state index contributed by atoms with van der Waals surface area (Å²) in [4.78, 5) is 22.7. The number of piperidine rings is 1. The van der Waals surface area contributed by atoms with E-state index >= 15 is 0 Å². The maximum atomic E-state index is 13.5. The lowest BCUT2D eigenvalue weighted by molar-refractivity contribution is -0.118. The topological polar surface area (TPSA) is 92.7 Å². The molecule has 1 aromatic heterocycles. The summed E-state index contributed by atoms with van der Waals surface area (Å²) in [6.45, 7) is 3.42. The average Bonchev–Trinajstić information content (AvgIpc) is 3.22. The van der Waals surface area contributed by atoms with Gasteiger partial charge in [-0.25, -0.2) is 18.4 Å². The van der Waals surface area contributed by atoms with Crippen LogP contribution in [0.3, 0.4) is 0 Å². The molecular weight excluding hydrogens is 416 g/mol. The number of carbonyl (C=O) groups excluding carboxylic acids is 1. The van der Waals surface area contributed by atoms with Crippen LogP contribution in [-0.4, -0.2) is 54.3 Å². The van der Waals surface area contributed by atoms with Gasteiger partial charge in [-0.2, -0.15) is 4.31 Å². The monoisotopic (exact) mass is 442 g/mol. The summed E-state index contributed by atoms with van der Waals surface area (Å²) in [5.41, 5.74) is 3.88. The number of carbonyl (C=O) groups is 1. The first-order chi connectivity index (χ1) is 15.0. The highest BCUT2D eigenvalue weighted by molar-refractivity contribution is 7.89. The predicted molar refractivity (Wildman–Crippen MR) is 115 cm³/mol. The lowest BCUT2D eigenvalue weighted by Crippen LogP contribution is -2.44. The molecule has 2 aromatic rings. The van der Waals surface area contributed by atoms with E-state index in [4.69, 9.17) is 4.74 Å². The minimum atomic E-state index is -3.65. The quantitative estimate of drug-likeness (QED) is 0.704. The van der Waals surface area contributed by atoms with E-state index in [2.05, 4.69) is 9.97 Å². The van der Waals surface area contributed by atoms with Crippen LogP contribution in [0.5, 0.6) is 6.01 Å². The van der Waals surface area contributed by atoms with Crippen molar-refractivity contribution in [3.63, 3.8) is 0 Å². The van der Waals surface area contributed by atoms with Crippen LogP contribution in [0.1, 0.15) is 42.9 Å². The summed E-state index contributed by atoms with van der Waals surface area (Å²) in [7, 11) is -3.65. The average molecular weight is 443 g/mol. The van der Waals surface area contributed by atoms with Gasteiger partial charge in [-0.3, -0.25) is 4.79 Å². The van der Waals surface area contributed by atoms with Gasteiger partial charge in [0.2, 0.25) is 15.9 Å². The van der Waals surface area contributed by atoms with Crippen LogP contribution in [-0.2, 0) is 34.1 Å². The van der Waals surface area contributed by atoms with Crippen LogP contribution in [0.4, 0.5) is 5.69 Å². The molecule has 4 heterocycles. The first-order valence-corrected chi connectivity index (χ1v) is 12.3. The Hall–Kier alpha value is -2.52. The Labute approximate surface area is 182 Å². The highest BCUT2D eigenvalue weighted by Crippen LogP contribution is 2.39. The zero-order valence-corrected chi connectivity index (χ0v) is 18.4. The number of anilines is 1. The number of hydrogen-bond donors (Lipinski definition) is 0. The molecular formula is C22H26N4O4S. The van der Waals surface area contributed by atoms with Gasteiger partial charge in [0.25, 0.3) is 0 Å². The van der Waals surface area contributed by atoms with Crippen molar-refractivity contribution < 1.29 is 17.9 Å². The van der Waals surface area contributed by atoms with E-state index in [1.165, 1.54) is 4.31 Å². The van der Waals surface area contributed by atoms with Crippen molar-refractivity contribution in [1.82, 2.24) is 14.3 Å². The van der Waals surface area contributed by atoms with Crippen molar-refractivity contribution in [3.05, 3.63) is 41.2 Å². The smallest absolute Gasteiger partial charge is 0.316 e. The number of nitrogens with zero attached hydrogens (tertiary/aromatic N) is 4. The van der Waals surface area contributed by atoms with E-state index in [1.807, 2.05) is 6.92 Å². The lowest BCUT2D eigenvalue weighted by atomic mass is 10.00. The molecule has 0 N–H and O–H groups in total. The van der Waals surface area contributed by atoms with Crippen LogP contribution < -0.4 is 9.64 Å². The molecule has 0 spiro atoms. The van der Waals surface area contributed by atoms with Crippen molar-refractivity contribution >= 4 is 21.6 Å². The Morgan fingerprint density at radius 3 is 2.58 bits per heavy atom. The summed E-state index contributed by atoms with van der Waals surface area (Å²) in [6, 6.07) is 3.80. The lowest BCUT2D eigenvalue weighted by Gasteiger charge is -2.32. The number of aromatic nitrogens is 2. The van der Waals surface area contributed by atoms with Gasteiger partial charge in [0.15, 0.2) is 0 Å². The van der Waals surface area contributed by atoms with Crippen LogP contribution in [0.2, 0.25) is 0 Å². The highest BCUT2D eigenvalue weighted by atomic mass is 32.2. The van der Waals surface area contributed by atoms with Crippen LogP contribution in [0.15, 0.2) is 29.4 Å². The van der Waals surface area contributed by atoms with Crippen LogP contribution in [0.25, 0.3) is 0 Å². The second-order valence-electron chi connectivity index (χ2n) is 8.36. The fraction of sp³-hybridized carbons (Fsp3) is 0.500. The molecule has 8 nitrogen and oxygen atoms in total. The van der Waals surface area contributed by atoms with Crippen molar-refractivity contribution in [2.24, 2.45) is 0 Å². The Morgan fingerprint density at radius 2 is 1.84 bits per heavy atom.